The lowest BCUT2D eigenvalue weighted by Crippen LogP contribution is -2.47. The van der Waals surface area contributed by atoms with Crippen LogP contribution in [0.4, 0.5) is 0 Å². The van der Waals surface area contributed by atoms with Crippen molar-refractivity contribution in [2.45, 2.75) is 18.2 Å². The van der Waals surface area contributed by atoms with E-state index in [0.29, 0.717) is 0 Å². The summed E-state index contributed by atoms with van der Waals surface area (Å²) in [6, 6.07) is -1.22. The first-order chi connectivity index (χ1) is 5.54. The van der Waals surface area contributed by atoms with E-state index in [-0.39, 0.29) is 0 Å². The average Bonchev–Trinajstić information content (AvgIpc) is 2.12. The van der Waals surface area contributed by atoms with Crippen LogP contribution in [0.15, 0.2) is 0 Å². The fourth-order valence-electron chi connectivity index (χ4n) is 0.599. The molecule has 6 N–H and O–H groups in total. The topological polar surface area (TPSA) is 124 Å². The van der Waals surface area contributed by atoms with Gasteiger partial charge in [0.1, 0.15) is 12.2 Å². The summed E-state index contributed by atoms with van der Waals surface area (Å²) in [7, 11) is 0. The molecule has 0 aliphatic rings. The van der Waals surface area contributed by atoms with Gasteiger partial charge in [-0.1, -0.05) is 0 Å². The van der Waals surface area contributed by atoms with Crippen molar-refractivity contribution in [3.63, 3.8) is 0 Å². The first-order valence-corrected chi connectivity index (χ1v) is 3.41. The van der Waals surface area contributed by atoms with Crippen molar-refractivity contribution < 1.29 is 25.2 Å². The molecule has 0 radical (unpaired) electrons. The Morgan fingerprint density at radius 2 is 1.75 bits per heavy atom. The molecule has 0 spiro atoms. The number of nitrogens with two attached hydrogens (primary N) is 1. The maximum Gasteiger partial charge on any atom is 0.182 e. The van der Waals surface area contributed by atoms with Gasteiger partial charge in [-0.3, -0.25) is 4.79 Å². The first kappa shape index (κ1) is 11.5. The maximum absolute atomic E-state index is 10.9. The van der Waals surface area contributed by atoms with Crippen LogP contribution in [0.3, 0.4) is 0 Å². The molecule has 0 aliphatic heterocycles. The van der Waals surface area contributed by atoms with Crippen LogP contribution in [-0.4, -0.2) is 57.7 Å². The third-order valence-corrected chi connectivity index (χ3v) is 1.41. The molecule has 0 amide bonds. The standard InChI is InChI=1S/C6H13NO5/c7-3(1-8)5(11)6(12)4(10)2-9/h3-4,6,8-10,12H,1-2,7H2/t3-,4+,6+/m0/s1. The molecule has 0 aromatic heterocycles. The van der Waals surface area contributed by atoms with Crippen molar-refractivity contribution in [3.8, 4) is 0 Å². The Balaban J connectivity index is 4.09. The quantitative estimate of drug-likeness (QED) is 0.299. The van der Waals surface area contributed by atoms with Crippen molar-refractivity contribution in [3.05, 3.63) is 0 Å². The van der Waals surface area contributed by atoms with Crippen molar-refractivity contribution in [1.82, 2.24) is 0 Å². The number of rotatable bonds is 5. The highest BCUT2D eigenvalue weighted by Crippen LogP contribution is 1.96. The molecule has 0 fully saturated rings. The number of Topliss-reactive ketones (excluding diaryl/α,β-unsaturated/α-hetero) is 1. The largest absolute Gasteiger partial charge is 0.394 e. The van der Waals surface area contributed by atoms with E-state index in [1.165, 1.54) is 0 Å². The molecule has 0 unspecified atom stereocenters. The number of ketones is 1. The molecule has 0 rings (SSSR count). The second kappa shape index (κ2) is 5.18. The lowest BCUT2D eigenvalue weighted by molar-refractivity contribution is -0.136. The van der Waals surface area contributed by atoms with Gasteiger partial charge in [-0.05, 0) is 0 Å². The molecule has 0 aromatic carbocycles. The van der Waals surface area contributed by atoms with Gasteiger partial charge in [0.2, 0.25) is 0 Å². The van der Waals surface area contributed by atoms with Gasteiger partial charge in [-0.15, -0.1) is 0 Å². The maximum atomic E-state index is 10.9. The molecule has 6 heteroatoms. The minimum atomic E-state index is -1.74. The lowest BCUT2D eigenvalue weighted by Gasteiger charge is -2.16. The summed E-state index contributed by atoms with van der Waals surface area (Å²) in [4.78, 5) is 10.9. The molecule has 0 bridgehead atoms. The molecular weight excluding hydrogens is 166 g/mol. The van der Waals surface area contributed by atoms with Crippen LogP contribution in [0.25, 0.3) is 0 Å². The van der Waals surface area contributed by atoms with E-state index in [2.05, 4.69) is 0 Å². The summed E-state index contributed by atoms with van der Waals surface area (Å²) >= 11 is 0. The van der Waals surface area contributed by atoms with Gasteiger partial charge in [0.25, 0.3) is 0 Å². The Kier molecular flexibility index (Phi) is 4.95. The average molecular weight is 179 g/mol. The molecule has 0 aliphatic carbocycles. The lowest BCUT2D eigenvalue weighted by atomic mass is 10.0. The zero-order valence-corrected chi connectivity index (χ0v) is 6.42. The second-order valence-electron chi connectivity index (χ2n) is 2.39. The van der Waals surface area contributed by atoms with E-state index in [1.807, 2.05) is 0 Å². The van der Waals surface area contributed by atoms with Gasteiger partial charge in [-0.25, -0.2) is 0 Å². The van der Waals surface area contributed by atoms with E-state index < -0.39 is 37.2 Å². The van der Waals surface area contributed by atoms with Crippen molar-refractivity contribution in [1.29, 1.82) is 0 Å². The van der Waals surface area contributed by atoms with E-state index in [9.17, 15) is 4.79 Å². The van der Waals surface area contributed by atoms with Crippen molar-refractivity contribution >= 4 is 5.78 Å². The summed E-state index contributed by atoms with van der Waals surface area (Å²) in [5, 5.41) is 34.5. The first-order valence-electron chi connectivity index (χ1n) is 3.41. The van der Waals surface area contributed by atoms with Crippen molar-refractivity contribution in [2.24, 2.45) is 5.73 Å². The number of hydrogen-bond acceptors (Lipinski definition) is 6. The summed E-state index contributed by atoms with van der Waals surface area (Å²) in [5.41, 5.74) is 5.06. The second-order valence-corrected chi connectivity index (χ2v) is 2.39. The highest BCUT2D eigenvalue weighted by Gasteiger charge is 2.27. The van der Waals surface area contributed by atoms with Crippen LogP contribution in [0.2, 0.25) is 0 Å². The molecule has 0 heterocycles. The Morgan fingerprint density at radius 3 is 2.08 bits per heavy atom. The van der Waals surface area contributed by atoms with Gasteiger partial charge >= 0.3 is 0 Å². The zero-order chi connectivity index (χ0) is 9.72. The van der Waals surface area contributed by atoms with Gasteiger partial charge in [-0.2, -0.15) is 0 Å². The number of carbonyl (C=O) groups excluding carboxylic acids is 1. The fourth-order valence-corrected chi connectivity index (χ4v) is 0.599. The Morgan fingerprint density at radius 1 is 1.25 bits per heavy atom. The number of carbonyl (C=O) groups is 1. The van der Waals surface area contributed by atoms with Crippen LogP contribution in [-0.2, 0) is 4.79 Å². The molecule has 0 saturated heterocycles. The predicted octanol–water partition coefficient (Wildman–Crippen LogP) is -3.41. The Hall–Kier alpha value is -0.530. The Labute approximate surface area is 69.2 Å². The van der Waals surface area contributed by atoms with E-state index in [1.54, 1.807) is 0 Å². The molecule has 72 valence electrons. The monoisotopic (exact) mass is 179 g/mol. The van der Waals surface area contributed by atoms with Gasteiger partial charge < -0.3 is 26.2 Å². The molecule has 3 atom stereocenters. The highest BCUT2D eigenvalue weighted by molar-refractivity contribution is 5.88. The van der Waals surface area contributed by atoms with E-state index >= 15 is 0 Å². The minimum Gasteiger partial charge on any atom is -0.394 e. The molecule has 0 aromatic rings. The van der Waals surface area contributed by atoms with Crippen LogP contribution in [0.1, 0.15) is 0 Å². The molecule has 12 heavy (non-hydrogen) atoms. The third-order valence-electron chi connectivity index (χ3n) is 1.41. The van der Waals surface area contributed by atoms with E-state index in [0.717, 1.165) is 0 Å². The van der Waals surface area contributed by atoms with Crippen molar-refractivity contribution in [2.75, 3.05) is 13.2 Å². The predicted molar refractivity (Wildman–Crippen MR) is 39.2 cm³/mol. The highest BCUT2D eigenvalue weighted by atomic mass is 16.4. The van der Waals surface area contributed by atoms with Crippen LogP contribution in [0.5, 0.6) is 0 Å². The summed E-state index contributed by atoms with van der Waals surface area (Å²) in [6.45, 7) is -1.33. The summed E-state index contributed by atoms with van der Waals surface area (Å²) < 4.78 is 0. The van der Waals surface area contributed by atoms with Crippen LogP contribution >= 0.6 is 0 Å². The van der Waals surface area contributed by atoms with Gasteiger partial charge in [0.05, 0.1) is 19.3 Å². The minimum absolute atomic E-state index is 0.603. The summed E-state index contributed by atoms with van der Waals surface area (Å²) in [5.74, 6) is -0.890. The Bertz CT molecular complexity index is 151. The number of aliphatic hydroxyl groups is 4. The summed E-state index contributed by atoms with van der Waals surface area (Å²) in [6.07, 6.45) is -3.28. The molecule has 6 nitrogen and oxygen atoms in total. The number of hydrogen-bond donors (Lipinski definition) is 5. The van der Waals surface area contributed by atoms with Crippen LogP contribution in [0, 0.1) is 0 Å². The van der Waals surface area contributed by atoms with E-state index in [4.69, 9.17) is 26.2 Å². The zero-order valence-electron chi connectivity index (χ0n) is 6.42. The molecular formula is C6H13NO5. The third kappa shape index (κ3) is 2.84. The van der Waals surface area contributed by atoms with Gasteiger partial charge in [0.15, 0.2) is 5.78 Å². The van der Waals surface area contributed by atoms with Crippen LogP contribution < -0.4 is 5.73 Å². The SMILES string of the molecule is N[C@@H](CO)C(=O)[C@H](O)[C@H](O)CO. The molecule has 0 saturated carbocycles. The normalized spacial score (nSPS) is 18.4. The fraction of sp³-hybridized carbons (Fsp3) is 0.833. The van der Waals surface area contributed by atoms with Gasteiger partial charge in [0, 0.05) is 0 Å². The smallest absolute Gasteiger partial charge is 0.182 e. The number of aliphatic hydroxyl groups excluding tert-OH is 4.